The van der Waals surface area contributed by atoms with Crippen LogP contribution in [0.2, 0.25) is 0 Å². The fourth-order valence-corrected chi connectivity index (χ4v) is 7.02. The standard InChI is InChI=1S/C39H44F2N6O5/c1-4-5-27(29-18-32(44-37(29)42)31-7-6-23(19-43-31)20-45-8-10-46(11-9-45)26-21-51-22-26)28-16-25(40)17-33(36(28)48)47-12-13-52-34-15-24(39(2,3)50)14-30(41)35(34)38(47)49/h5-7,14-19,26,44,48,50H,4,8-13,20-22,42H2,1-3H3/b27-5-. The lowest BCUT2D eigenvalue weighted by Gasteiger charge is -2.42. The van der Waals surface area contributed by atoms with Crippen molar-refractivity contribution in [2.24, 2.45) is 0 Å². The summed E-state index contributed by atoms with van der Waals surface area (Å²) < 4.78 is 42.0. The van der Waals surface area contributed by atoms with Gasteiger partial charge in [0, 0.05) is 56.1 Å². The van der Waals surface area contributed by atoms with Crippen LogP contribution < -0.4 is 15.4 Å². The van der Waals surface area contributed by atoms with Gasteiger partial charge in [-0.2, -0.15) is 0 Å². The van der Waals surface area contributed by atoms with Gasteiger partial charge in [0.1, 0.15) is 41.1 Å². The number of rotatable bonds is 9. The maximum Gasteiger partial charge on any atom is 0.265 e. The number of nitrogens with two attached hydrogens (primary N) is 1. The average Bonchev–Trinajstić information content (AvgIpc) is 3.38. The van der Waals surface area contributed by atoms with Crippen LogP contribution in [0.15, 0.2) is 54.7 Å². The smallest absolute Gasteiger partial charge is 0.265 e. The molecule has 3 aliphatic heterocycles. The lowest BCUT2D eigenvalue weighted by molar-refractivity contribution is -0.0774. The van der Waals surface area contributed by atoms with E-state index in [0.717, 1.165) is 68.5 Å². The van der Waals surface area contributed by atoms with E-state index >= 15 is 8.78 Å². The fraction of sp³-hybridized carbons (Fsp3) is 0.385. The Labute approximate surface area is 301 Å². The van der Waals surface area contributed by atoms with E-state index in [1.165, 1.54) is 26.0 Å². The highest BCUT2D eigenvalue weighted by atomic mass is 19.1. The van der Waals surface area contributed by atoms with Gasteiger partial charge < -0.3 is 35.3 Å². The Balaban J connectivity index is 1.14. The molecule has 0 unspecified atom stereocenters. The number of carbonyl (C=O) groups excluding carboxylic acids is 1. The van der Waals surface area contributed by atoms with Crippen LogP contribution in [0, 0.1) is 11.6 Å². The first-order valence-electron chi connectivity index (χ1n) is 17.6. The second-order valence-electron chi connectivity index (χ2n) is 14.1. The van der Waals surface area contributed by atoms with Crippen molar-refractivity contribution >= 4 is 23.0 Å². The van der Waals surface area contributed by atoms with Crippen LogP contribution in [-0.4, -0.2) is 94.5 Å². The highest BCUT2D eigenvalue weighted by molar-refractivity contribution is 6.09. The molecule has 274 valence electrons. The van der Waals surface area contributed by atoms with Crippen molar-refractivity contribution in [3.63, 3.8) is 0 Å². The number of allylic oxidation sites excluding steroid dienone is 1. The van der Waals surface area contributed by atoms with E-state index < -0.39 is 23.1 Å². The predicted octanol–water partition coefficient (Wildman–Crippen LogP) is 5.27. The summed E-state index contributed by atoms with van der Waals surface area (Å²) in [6.45, 7) is 11.2. The van der Waals surface area contributed by atoms with Gasteiger partial charge in [0.15, 0.2) is 0 Å². The van der Waals surface area contributed by atoms with Crippen molar-refractivity contribution < 1.29 is 33.3 Å². The summed E-state index contributed by atoms with van der Waals surface area (Å²) >= 11 is 0. The van der Waals surface area contributed by atoms with Gasteiger partial charge in [0.2, 0.25) is 0 Å². The Kier molecular flexibility index (Phi) is 9.79. The van der Waals surface area contributed by atoms with Crippen LogP contribution in [0.25, 0.3) is 17.0 Å². The number of carbonyl (C=O) groups is 1. The number of aromatic amines is 1. The quantitative estimate of drug-likeness (QED) is 0.183. The van der Waals surface area contributed by atoms with Gasteiger partial charge in [0.25, 0.3) is 5.91 Å². The molecule has 7 rings (SSSR count). The van der Waals surface area contributed by atoms with Crippen LogP contribution in [-0.2, 0) is 16.9 Å². The Bertz CT molecular complexity index is 2000. The molecule has 0 radical (unpaired) electrons. The highest BCUT2D eigenvalue weighted by Crippen LogP contribution is 2.43. The molecule has 0 bridgehead atoms. The number of H-pyrrole nitrogens is 1. The molecule has 3 aliphatic rings. The number of piperazine rings is 1. The molecule has 2 aromatic heterocycles. The number of pyridine rings is 1. The molecule has 2 saturated heterocycles. The summed E-state index contributed by atoms with van der Waals surface area (Å²) in [5, 5.41) is 22.1. The predicted molar refractivity (Wildman–Crippen MR) is 194 cm³/mol. The molecular formula is C39H44F2N6O5. The van der Waals surface area contributed by atoms with Crippen molar-refractivity contribution in [1.29, 1.82) is 0 Å². The van der Waals surface area contributed by atoms with Crippen LogP contribution in [0.4, 0.5) is 20.3 Å². The van der Waals surface area contributed by atoms with Crippen molar-refractivity contribution in [1.82, 2.24) is 19.8 Å². The number of aliphatic hydroxyl groups is 1. The van der Waals surface area contributed by atoms with Crippen molar-refractivity contribution in [3.8, 4) is 22.9 Å². The number of halogens is 2. The summed E-state index contributed by atoms with van der Waals surface area (Å²) in [7, 11) is 0. The molecule has 11 nitrogen and oxygen atoms in total. The Morgan fingerprint density at radius 1 is 1.08 bits per heavy atom. The van der Waals surface area contributed by atoms with Gasteiger partial charge in [-0.3, -0.25) is 19.6 Å². The topological polar surface area (TPSA) is 140 Å². The SMILES string of the molecule is CC/C=C(\c1cc(-c2ccc(CN3CCN(C4COC4)CC3)cn2)[nH]c1N)c1cc(F)cc(N2CCOc3cc(C(C)(C)O)cc(F)c3C2=O)c1O. The van der Waals surface area contributed by atoms with Gasteiger partial charge in [-0.15, -0.1) is 0 Å². The van der Waals surface area contributed by atoms with Gasteiger partial charge >= 0.3 is 0 Å². The van der Waals surface area contributed by atoms with Crippen molar-refractivity contribution in [3.05, 3.63) is 94.2 Å². The molecule has 13 heteroatoms. The molecule has 5 N–H and O–H groups in total. The van der Waals surface area contributed by atoms with Crippen LogP contribution in [0.1, 0.15) is 59.8 Å². The first kappa shape index (κ1) is 35.6. The highest BCUT2D eigenvalue weighted by Gasteiger charge is 2.33. The monoisotopic (exact) mass is 714 g/mol. The molecule has 0 aliphatic carbocycles. The third kappa shape index (κ3) is 7.01. The van der Waals surface area contributed by atoms with Gasteiger partial charge in [0.05, 0.1) is 48.5 Å². The van der Waals surface area contributed by atoms with Gasteiger partial charge in [-0.1, -0.05) is 19.1 Å². The number of benzene rings is 2. The summed E-state index contributed by atoms with van der Waals surface area (Å²) in [5.74, 6) is -2.56. The summed E-state index contributed by atoms with van der Waals surface area (Å²) in [6, 6.07) is 11.1. The van der Waals surface area contributed by atoms with E-state index in [-0.39, 0.29) is 47.0 Å². The third-order valence-corrected chi connectivity index (χ3v) is 10.0. The number of nitrogens with one attached hydrogen (secondary N) is 1. The van der Waals surface area contributed by atoms with Crippen molar-refractivity contribution in [2.75, 3.05) is 63.2 Å². The van der Waals surface area contributed by atoms with E-state index in [0.29, 0.717) is 40.8 Å². The minimum absolute atomic E-state index is 0.0421. The third-order valence-electron chi connectivity index (χ3n) is 10.0. The zero-order valence-electron chi connectivity index (χ0n) is 29.6. The summed E-state index contributed by atoms with van der Waals surface area (Å²) in [5.41, 5.74) is 8.33. The molecule has 0 atom stereocenters. The normalized spacial score (nSPS) is 17.8. The number of phenolic OH excluding ortho intramolecular Hbond substituents is 1. The lowest BCUT2D eigenvalue weighted by atomic mass is 9.95. The molecule has 52 heavy (non-hydrogen) atoms. The fourth-order valence-electron chi connectivity index (χ4n) is 7.02. The summed E-state index contributed by atoms with van der Waals surface area (Å²) in [4.78, 5) is 27.7. The van der Waals surface area contributed by atoms with E-state index in [2.05, 4.69) is 14.8 Å². The number of hydrogen-bond donors (Lipinski definition) is 4. The number of hydrogen-bond acceptors (Lipinski definition) is 9. The van der Waals surface area contributed by atoms with E-state index in [1.807, 2.05) is 37.4 Å². The van der Waals surface area contributed by atoms with E-state index in [4.69, 9.17) is 20.2 Å². The van der Waals surface area contributed by atoms with Gasteiger partial charge in [-0.25, -0.2) is 8.78 Å². The minimum Gasteiger partial charge on any atom is -0.505 e. The molecule has 5 heterocycles. The zero-order chi connectivity index (χ0) is 36.7. The first-order valence-corrected chi connectivity index (χ1v) is 17.6. The number of aromatic hydroxyl groups is 1. The number of ether oxygens (including phenoxy) is 2. The molecule has 4 aromatic rings. The maximum absolute atomic E-state index is 15.4. The zero-order valence-corrected chi connectivity index (χ0v) is 29.6. The molecule has 0 spiro atoms. The Morgan fingerprint density at radius 3 is 2.50 bits per heavy atom. The second-order valence-corrected chi connectivity index (χ2v) is 14.1. The lowest BCUT2D eigenvalue weighted by Crippen LogP contribution is -2.56. The van der Waals surface area contributed by atoms with Gasteiger partial charge in [-0.05, 0) is 67.3 Å². The van der Waals surface area contributed by atoms with E-state index in [1.54, 1.807) is 0 Å². The van der Waals surface area contributed by atoms with Crippen molar-refractivity contribution in [2.45, 2.75) is 45.4 Å². The maximum atomic E-state index is 15.4. The van der Waals surface area contributed by atoms with Crippen LogP contribution in [0.3, 0.4) is 0 Å². The molecule has 2 aromatic carbocycles. The average molecular weight is 715 g/mol. The minimum atomic E-state index is -1.38. The Morgan fingerprint density at radius 2 is 1.85 bits per heavy atom. The first-order chi connectivity index (χ1) is 24.9. The number of nitrogens with zero attached hydrogens (tertiary/aromatic N) is 4. The van der Waals surface area contributed by atoms with Crippen LogP contribution >= 0.6 is 0 Å². The van der Waals surface area contributed by atoms with E-state index in [9.17, 15) is 15.0 Å². The second kappa shape index (κ2) is 14.3. The largest absolute Gasteiger partial charge is 0.505 e. The Hall–Kier alpha value is -4.82. The number of anilines is 2. The molecule has 1 amide bonds. The molecule has 2 fully saturated rings. The number of nitrogen functional groups attached to an aromatic ring is 1. The summed E-state index contributed by atoms with van der Waals surface area (Å²) in [6.07, 6.45) is 4.20. The number of fused-ring (bicyclic) bond motifs is 1. The van der Waals surface area contributed by atoms with Crippen LogP contribution in [0.5, 0.6) is 11.5 Å². The molecule has 0 saturated carbocycles. The number of aromatic nitrogens is 2. The number of amides is 1. The molecular weight excluding hydrogens is 670 g/mol. The number of phenols is 1.